The van der Waals surface area contributed by atoms with Gasteiger partial charge < -0.3 is 9.32 Å². The van der Waals surface area contributed by atoms with E-state index >= 15 is 0 Å². The summed E-state index contributed by atoms with van der Waals surface area (Å²) >= 11 is 6.05. The fourth-order valence-electron chi connectivity index (χ4n) is 4.35. The van der Waals surface area contributed by atoms with Crippen LogP contribution < -0.4 is 4.90 Å². The van der Waals surface area contributed by atoms with Crippen LogP contribution in [0.15, 0.2) is 77.2 Å². The Morgan fingerprint density at radius 2 is 1.86 bits per heavy atom. The summed E-state index contributed by atoms with van der Waals surface area (Å²) in [6.07, 6.45) is 0.470. The Morgan fingerprint density at radius 1 is 1.09 bits per heavy atom. The van der Waals surface area contributed by atoms with Crippen molar-refractivity contribution in [2.24, 2.45) is 0 Å². The highest BCUT2D eigenvalue weighted by atomic mass is 35.5. The Morgan fingerprint density at radius 3 is 2.57 bits per heavy atom. The molecule has 1 aliphatic heterocycles. The summed E-state index contributed by atoms with van der Waals surface area (Å²) in [7, 11) is 0. The van der Waals surface area contributed by atoms with Gasteiger partial charge in [0.05, 0.1) is 12.1 Å². The Kier molecular flexibility index (Phi) is 6.09. The smallest absolute Gasteiger partial charge is 0.257 e. The van der Waals surface area contributed by atoms with Crippen LogP contribution in [0.3, 0.4) is 0 Å². The molecule has 3 amide bonds. The molecule has 0 radical (unpaired) electrons. The van der Waals surface area contributed by atoms with Crippen LogP contribution in [0.25, 0.3) is 22.6 Å². The molecule has 176 valence electrons. The number of fused-ring (bicyclic) bond motifs is 1. The lowest BCUT2D eigenvalue weighted by molar-refractivity contribution is -0.136. The summed E-state index contributed by atoms with van der Waals surface area (Å²) < 4.78 is 5.80. The molecule has 2 heterocycles. The number of halogens is 1. The zero-order valence-corrected chi connectivity index (χ0v) is 19.7. The zero-order chi connectivity index (χ0) is 24.5. The fourth-order valence-corrected chi connectivity index (χ4v) is 4.57. The van der Waals surface area contributed by atoms with Gasteiger partial charge in [0.2, 0.25) is 17.7 Å². The van der Waals surface area contributed by atoms with E-state index in [9.17, 15) is 14.4 Å². The number of rotatable bonds is 6. The summed E-state index contributed by atoms with van der Waals surface area (Å²) in [5, 5.41) is 0.608. The van der Waals surface area contributed by atoms with Crippen molar-refractivity contribution in [3.63, 3.8) is 0 Å². The van der Waals surface area contributed by atoms with E-state index in [2.05, 4.69) is 4.98 Å². The second-order valence-corrected chi connectivity index (χ2v) is 8.85. The van der Waals surface area contributed by atoms with Crippen molar-refractivity contribution in [3.05, 3.63) is 83.4 Å². The van der Waals surface area contributed by atoms with E-state index in [0.717, 1.165) is 21.5 Å². The number of nitrogens with zero attached hydrogens (tertiary/aromatic N) is 3. The molecule has 1 aromatic heterocycles. The maximum atomic E-state index is 13.3. The van der Waals surface area contributed by atoms with Gasteiger partial charge in [0.1, 0.15) is 11.6 Å². The number of carbonyl (C=O) groups excluding carboxylic acids is 3. The average molecular weight is 488 g/mol. The quantitative estimate of drug-likeness (QED) is 0.362. The van der Waals surface area contributed by atoms with Crippen LogP contribution in [0.5, 0.6) is 0 Å². The lowest BCUT2D eigenvalue weighted by Gasteiger charge is -2.26. The van der Waals surface area contributed by atoms with Crippen LogP contribution in [-0.2, 0) is 20.8 Å². The van der Waals surface area contributed by atoms with Gasteiger partial charge in [-0.05, 0) is 60.5 Å². The highest BCUT2D eigenvalue weighted by Gasteiger charge is 2.43. The van der Waals surface area contributed by atoms with E-state index in [1.165, 1.54) is 11.8 Å². The van der Waals surface area contributed by atoms with Crippen LogP contribution in [-0.4, -0.2) is 40.2 Å². The molecule has 0 aliphatic carbocycles. The molecule has 5 rings (SSSR count). The number of benzene rings is 3. The average Bonchev–Trinajstić information content (AvgIpc) is 3.40. The van der Waals surface area contributed by atoms with Crippen molar-refractivity contribution in [2.45, 2.75) is 25.8 Å². The number of carbonyl (C=O) groups is 3. The third-order valence-electron chi connectivity index (χ3n) is 6.10. The normalized spacial score (nSPS) is 15.7. The highest BCUT2D eigenvalue weighted by molar-refractivity contribution is 6.30. The summed E-state index contributed by atoms with van der Waals surface area (Å²) in [6, 6.07) is 20.9. The summed E-state index contributed by atoms with van der Waals surface area (Å²) in [5.74, 6) is -0.556. The molecular formula is C27H22ClN3O4. The number of hydrogen-bond acceptors (Lipinski definition) is 5. The van der Waals surface area contributed by atoms with Crippen molar-refractivity contribution >= 4 is 46.1 Å². The molecule has 0 saturated carbocycles. The van der Waals surface area contributed by atoms with Crippen molar-refractivity contribution in [1.29, 1.82) is 0 Å². The summed E-state index contributed by atoms with van der Waals surface area (Å²) in [4.78, 5) is 45.6. The number of para-hydroxylation sites is 2. The molecule has 7 nitrogen and oxygen atoms in total. The Bertz CT molecular complexity index is 1400. The van der Waals surface area contributed by atoms with Crippen LogP contribution in [0.4, 0.5) is 5.69 Å². The number of anilines is 1. The van der Waals surface area contributed by atoms with Gasteiger partial charge in [0.25, 0.3) is 5.91 Å². The molecule has 0 spiro atoms. The van der Waals surface area contributed by atoms with E-state index < -0.39 is 11.9 Å². The first-order chi connectivity index (χ1) is 16.9. The highest BCUT2D eigenvalue weighted by Crippen LogP contribution is 2.30. The van der Waals surface area contributed by atoms with E-state index in [1.807, 2.05) is 42.5 Å². The van der Waals surface area contributed by atoms with Gasteiger partial charge in [-0.2, -0.15) is 0 Å². The molecule has 1 saturated heterocycles. The standard InChI is InChI=1S/C27H22ClN3O4/c1-17(32)30(14-13-18-5-4-6-20(28)15-18)23-16-25(33)31(27(23)34)21-11-9-19(10-12-21)26-29-22-7-2-3-8-24(22)35-26/h2-12,15,23H,13-14,16H2,1H3. The van der Waals surface area contributed by atoms with Gasteiger partial charge in [0.15, 0.2) is 5.58 Å². The lowest BCUT2D eigenvalue weighted by atomic mass is 10.1. The second kappa shape index (κ2) is 9.35. The Balaban J connectivity index is 1.33. The van der Waals surface area contributed by atoms with Crippen molar-refractivity contribution in [1.82, 2.24) is 9.88 Å². The van der Waals surface area contributed by atoms with Gasteiger partial charge in [-0.3, -0.25) is 14.4 Å². The van der Waals surface area contributed by atoms with Gasteiger partial charge in [-0.25, -0.2) is 9.88 Å². The Labute approximate surface area is 206 Å². The third-order valence-corrected chi connectivity index (χ3v) is 6.34. The van der Waals surface area contributed by atoms with E-state index in [-0.39, 0.29) is 18.2 Å². The van der Waals surface area contributed by atoms with Crippen LogP contribution >= 0.6 is 11.6 Å². The summed E-state index contributed by atoms with van der Waals surface area (Å²) in [5.41, 5.74) is 3.56. The first-order valence-electron chi connectivity index (χ1n) is 11.2. The van der Waals surface area contributed by atoms with Crippen molar-refractivity contribution in [3.8, 4) is 11.5 Å². The minimum Gasteiger partial charge on any atom is -0.436 e. The minimum absolute atomic E-state index is 0.0547. The third kappa shape index (κ3) is 4.55. The Hall–Kier alpha value is -3.97. The molecule has 1 aliphatic rings. The minimum atomic E-state index is -0.837. The van der Waals surface area contributed by atoms with Crippen molar-refractivity contribution in [2.75, 3.05) is 11.4 Å². The summed E-state index contributed by atoms with van der Waals surface area (Å²) in [6.45, 7) is 1.72. The molecule has 1 unspecified atom stereocenters. The number of oxazole rings is 1. The lowest BCUT2D eigenvalue weighted by Crippen LogP contribution is -2.45. The first-order valence-corrected chi connectivity index (χ1v) is 11.6. The van der Waals surface area contributed by atoms with Crippen LogP contribution in [0.2, 0.25) is 5.02 Å². The number of amides is 3. The monoisotopic (exact) mass is 487 g/mol. The number of hydrogen-bond donors (Lipinski definition) is 0. The molecule has 3 aromatic carbocycles. The molecular weight excluding hydrogens is 466 g/mol. The molecule has 1 fully saturated rings. The second-order valence-electron chi connectivity index (χ2n) is 8.41. The predicted octanol–water partition coefficient (Wildman–Crippen LogP) is 4.87. The van der Waals surface area contributed by atoms with E-state index in [1.54, 1.807) is 30.3 Å². The molecule has 0 bridgehead atoms. The molecule has 35 heavy (non-hydrogen) atoms. The van der Waals surface area contributed by atoms with Gasteiger partial charge in [-0.15, -0.1) is 0 Å². The number of aromatic nitrogens is 1. The van der Waals surface area contributed by atoms with E-state index in [4.69, 9.17) is 16.0 Å². The van der Waals surface area contributed by atoms with E-state index in [0.29, 0.717) is 35.1 Å². The maximum absolute atomic E-state index is 13.3. The largest absolute Gasteiger partial charge is 0.436 e. The maximum Gasteiger partial charge on any atom is 0.257 e. The number of imide groups is 1. The van der Waals surface area contributed by atoms with Gasteiger partial charge >= 0.3 is 0 Å². The molecule has 4 aromatic rings. The fraction of sp³-hybridized carbons (Fsp3) is 0.185. The SMILES string of the molecule is CC(=O)N(CCc1cccc(Cl)c1)C1CC(=O)N(c2ccc(-c3nc4ccccc4o3)cc2)C1=O. The van der Waals surface area contributed by atoms with Gasteiger partial charge in [-0.1, -0.05) is 35.9 Å². The topological polar surface area (TPSA) is 83.7 Å². The van der Waals surface area contributed by atoms with Crippen molar-refractivity contribution < 1.29 is 18.8 Å². The van der Waals surface area contributed by atoms with Gasteiger partial charge in [0, 0.05) is 24.1 Å². The first kappa shape index (κ1) is 22.8. The van der Waals surface area contributed by atoms with Crippen LogP contribution in [0.1, 0.15) is 18.9 Å². The molecule has 8 heteroatoms. The molecule has 0 N–H and O–H groups in total. The predicted molar refractivity (Wildman–Crippen MR) is 133 cm³/mol. The molecule has 1 atom stereocenters. The van der Waals surface area contributed by atoms with Crippen LogP contribution in [0, 0.1) is 0 Å². The zero-order valence-electron chi connectivity index (χ0n) is 19.0.